The molecule has 230 valence electrons. The smallest absolute Gasteiger partial charge is 0.164 e. The van der Waals surface area contributed by atoms with Crippen LogP contribution in [-0.4, -0.2) is 24.1 Å². The molecule has 0 saturated heterocycles. The van der Waals surface area contributed by atoms with Crippen molar-refractivity contribution in [1.82, 2.24) is 24.1 Å². The molecule has 8 aromatic rings. The molecule has 0 unspecified atom stereocenters. The number of fused-ring (bicyclic) bond motifs is 9. The number of rotatable bonds is 3. The largest absolute Gasteiger partial charge is 0.317 e. The second kappa shape index (κ2) is 9.39. The van der Waals surface area contributed by atoms with Crippen molar-refractivity contribution in [3.8, 4) is 45.5 Å². The third kappa shape index (κ3) is 3.53. The maximum atomic E-state index is 5.15. The van der Waals surface area contributed by atoms with Crippen LogP contribution in [0.25, 0.3) is 67.3 Å². The summed E-state index contributed by atoms with van der Waals surface area (Å²) in [7, 11) is 0. The van der Waals surface area contributed by atoms with Crippen LogP contribution >= 0.6 is 0 Å². The second-order valence-corrected chi connectivity index (χ2v) is 14.2. The van der Waals surface area contributed by atoms with E-state index in [-0.39, 0.29) is 10.8 Å². The average Bonchev–Trinajstić information content (AvgIpc) is 3.73. The lowest BCUT2D eigenvalue weighted by Crippen LogP contribution is -2.27. The Morgan fingerprint density at radius 2 is 0.979 bits per heavy atom. The van der Waals surface area contributed by atoms with Gasteiger partial charge in [-0.05, 0) is 41.0 Å². The van der Waals surface area contributed by atoms with Crippen molar-refractivity contribution in [2.75, 3.05) is 0 Å². The van der Waals surface area contributed by atoms with Gasteiger partial charge >= 0.3 is 0 Å². The highest BCUT2D eigenvalue weighted by Gasteiger charge is 2.42. The van der Waals surface area contributed by atoms with Crippen molar-refractivity contribution < 1.29 is 0 Å². The van der Waals surface area contributed by atoms with Crippen LogP contribution in [0.1, 0.15) is 50.1 Å². The molecule has 2 aliphatic rings. The molecule has 0 radical (unpaired) electrons. The molecule has 5 heteroatoms. The van der Waals surface area contributed by atoms with Crippen LogP contribution in [0.2, 0.25) is 0 Å². The van der Waals surface area contributed by atoms with Crippen LogP contribution in [0, 0.1) is 0 Å². The van der Waals surface area contributed by atoms with Gasteiger partial charge in [0.1, 0.15) is 0 Å². The van der Waals surface area contributed by atoms with Crippen LogP contribution in [-0.2, 0) is 10.8 Å². The number of nitrogens with zero attached hydrogens (tertiary/aromatic N) is 5. The number of benzene rings is 5. The molecular formula is C43H33N5. The quantitative estimate of drug-likeness (QED) is 0.198. The van der Waals surface area contributed by atoms with Crippen LogP contribution in [0.15, 0.2) is 128 Å². The number of hydrogen-bond donors (Lipinski definition) is 0. The van der Waals surface area contributed by atoms with E-state index in [9.17, 15) is 0 Å². The normalized spacial score (nSPS) is 15.0. The maximum absolute atomic E-state index is 5.15. The van der Waals surface area contributed by atoms with E-state index in [1.807, 2.05) is 36.4 Å². The molecule has 5 aromatic carbocycles. The Morgan fingerprint density at radius 1 is 0.458 bits per heavy atom. The molecule has 48 heavy (non-hydrogen) atoms. The van der Waals surface area contributed by atoms with Crippen molar-refractivity contribution in [2.45, 2.75) is 38.5 Å². The molecule has 5 nitrogen and oxygen atoms in total. The molecule has 0 amide bonds. The Morgan fingerprint density at radius 3 is 1.60 bits per heavy atom. The van der Waals surface area contributed by atoms with E-state index in [4.69, 9.17) is 15.0 Å². The fourth-order valence-corrected chi connectivity index (χ4v) is 8.37. The summed E-state index contributed by atoms with van der Waals surface area (Å²) in [5, 5.41) is 2.47. The van der Waals surface area contributed by atoms with Gasteiger partial charge < -0.3 is 9.13 Å². The number of aromatic nitrogens is 5. The highest BCUT2D eigenvalue weighted by Crippen LogP contribution is 2.54. The minimum atomic E-state index is -0.247. The van der Waals surface area contributed by atoms with Gasteiger partial charge in [-0.25, -0.2) is 15.0 Å². The van der Waals surface area contributed by atoms with Gasteiger partial charge in [0.15, 0.2) is 17.5 Å². The first kappa shape index (κ1) is 27.3. The molecule has 5 heterocycles. The highest BCUT2D eigenvalue weighted by molar-refractivity contribution is 6.14. The van der Waals surface area contributed by atoms with Gasteiger partial charge in [0, 0.05) is 50.2 Å². The first-order valence-corrected chi connectivity index (χ1v) is 16.6. The monoisotopic (exact) mass is 619 g/mol. The van der Waals surface area contributed by atoms with Crippen molar-refractivity contribution in [1.29, 1.82) is 0 Å². The van der Waals surface area contributed by atoms with Crippen molar-refractivity contribution in [3.05, 3.63) is 150 Å². The summed E-state index contributed by atoms with van der Waals surface area (Å²) in [6, 6.07) is 42.8. The lowest BCUT2D eigenvalue weighted by atomic mass is 9.74. The highest BCUT2D eigenvalue weighted by atomic mass is 15.1. The Kier molecular flexibility index (Phi) is 5.34. The van der Waals surface area contributed by atoms with Gasteiger partial charge in [-0.2, -0.15) is 0 Å². The zero-order chi connectivity index (χ0) is 32.4. The zero-order valence-corrected chi connectivity index (χ0v) is 27.4. The van der Waals surface area contributed by atoms with Crippen molar-refractivity contribution in [3.63, 3.8) is 0 Å². The Labute approximate surface area is 279 Å². The molecule has 0 saturated carbocycles. The molecular weight excluding hydrogens is 587 g/mol. The summed E-state index contributed by atoms with van der Waals surface area (Å²) in [6.07, 6.45) is 2.36. The standard InChI is InChI=1S/C43H33N5/c1-42(2)32-20-12-14-22-35(32)48-36-29(30-25-47-34-21-13-11-19-31(34)43(3,4)38(47)37(30)48)23-28(24-33(36)42)41-45-39(26-15-7-5-8-16-26)44-40(46-41)27-17-9-6-10-18-27/h5-25H,1-4H3. The molecule has 0 N–H and O–H groups in total. The van der Waals surface area contributed by atoms with Crippen LogP contribution in [0.3, 0.4) is 0 Å². The first-order chi connectivity index (χ1) is 23.3. The summed E-state index contributed by atoms with van der Waals surface area (Å²) in [5.41, 5.74) is 12.8. The van der Waals surface area contributed by atoms with Crippen molar-refractivity contribution in [2.24, 2.45) is 0 Å². The fourth-order valence-electron chi connectivity index (χ4n) is 8.37. The van der Waals surface area contributed by atoms with Crippen molar-refractivity contribution >= 4 is 21.8 Å². The maximum Gasteiger partial charge on any atom is 0.164 e. The van der Waals surface area contributed by atoms with Gasteiger partial charge in [0.25, 0.3) is 0 Å². The number of hydrogen-bond acceptors (Lipinski definition) is 3. The Balaban J connectivity index is 1.32. The molecule has 3 aromatic heterocycles. The topological polar surface area (TPSA) is 48.5 Å². The number of para-hydroxylation sites is 2. The molecule has 0 fully saturated rings. The Bertz CT molecular complexity index is 2550. The predicted molar refractivity (Wildman–Crippen MR) is 194 cm³/mol. The summed E-state index contributed by atoms with van der Waals surface area (Å²) in [4.78, 5) is 15.3. The third-order valence-corrected chi connectivity index (χ3v) is 10.7. The molecule has 2 aliphatic heterocycles. The van der Waals surface area contributed by atoms with E-state index < -0.39 is 0 Å². The molecule has 0 atom stereocenters. The van der Waals surface area contributed by atoms with Gasteiger partial charge in [-0.15, -0.1) is 0 Å². The van der Waals surface area contributed by atoms with E-state index in [0.717, 1.165) is 16.7 Å². The molecule has 0 bridgehead atoms. The lowest BCUT2D eigenvalue weighted by Gasteiger charge is -2.35. The van der Waals surface area contributed by atoms with E-state index in [0.29, 0.717) is 17.5 Å². The van der Waals surface area contributed by atoms with Crippen LogP contribution < -0.4 is 0 Å². The van der Waals surface area contributed by atoms with Gasteiger partial charge in [0.05, 0.1) is 22.4 Å². The van der Waals surface area contributed by atoms with Crippen LogP contribution in [0.5, 0.6) is 0 Å². The van der Waals surface area contributed by atoms with E-state index >= 15 is 0 Å². The van der Waals surface area contributed by atoms with E-state index in [1.165, 1.54) is 55.6 Å². The molecule has 0 aliphatic carbocycles. The summed E-state index contributed by atoms with van der Waals surface area (Å²) in [5.74, 6) is 2.01. The summed E-state index contributed by atoms with van der Waals surface area (Å²) in [6.45, 7) is 9.42. The van der Waals surface area contributed by atoms with Gasteiger partial charge in [-0.3, -0.25) is 0 Å². The zero-order valence-electron chi connectivity index (χ0n) is 27.4. The summed E-state index contributed by atoms with van der Waals surface area (Å²) < 4.78 is 4.98. The van der Waals surface area contributed by atoms with Crippen LogP contribution in [0.4, 0.5) is 0 Å². The minimum Gasteiger partial charge on any atom is -0.317 e. The van der Waals surface area contributed by atoms with Gasteiger partial charge in [-0.1, -0.05) is 125 Å². The summed E-state index contributed by atoms with van der Waals surface area (Å²) >= 11 is 0. The second-order valence-electron chi connectivity index (χ2n) is 14.2. The molecule has 0 spiro atoms. The average molecular weight is 620 g/mol. The lowest BCUT2D eigenvalue weighted by molar-refractivity contribution is 0.626. The fraction of sp³-hybridized carbons (Fsp3) is 0.140. The van der Waals surface area contributed by atoms with E-state index in [2.05, 4.69) is 128 Å². The first-order valence-electron chi connectivity index (χ1n) is 16.6. The van der Waals surface area contributed by atoms with Gasteiger partial charge in [0.2, 0.25) is 0 Å². The minimum absolute atomic E-state index is 0.166. The van der Waals surface area contributed by atoms with E-state index in [1.54, 1.807) is 0 Å². The third-order valence-electron chi connectivity index (χ3n) is 10.7. The predicted octanol–water partition coefficient (Wildman–Crippen LogP) is 10.0. The SMILES string of the molecule is CC1(C)c2ccccc2-n2c3c1cc(-c1nc(-c4ccccc4)nc(-c4ccccc4)n1)cc3c1cn3c(c12)C(C)(C)c1ccccc1-3. The molecule has 10 rings (SSSR count). The Hall–Kier alpha value is -5.81.